The lowest BCUT2D eigenvalue weighted by molar-refractivity contribution is -0.143. The van der Waals surface area contributed by atoms with Crippen LogP contribution in [0.3, 0.4) is 0 Å². The molecule has 13 heteroatoms. The van der Waals surface area contributed by atoms with Crippen molar-refractivity contribution in [1.82, 2.24) is 16.0 Å². The van der Waals surface area contributed by atoms with E-state index < -0.39 is 54.1 Å². The Morgan fingerprint density at radius 1 is 0.867 bits per heavy atom. The first-order valence-corrected chi connectivity index (χ1v) is 9.14. The Balaban J connectivity index is 4.28. The molecule has 0 spiro atoms. The SMILES string of the molecule is COCCOCCOCC(=O)N[C@H](C)C(=O)N[C@H](C)C(=O)N[C@@H](CC(N)=O)C(=O)O. The number of carbonyl (C=O) groups excluding carboxylic acids is 4. The van der Waals surface area contributed by atoms with Gasteiger partial charge < -0.3 is 41.0 Å². The molecule has 0 aliphatic heterocycles. The summed E-state index contributed by atoms with van der Waals surface area (Å²) < 4.78 is 15.1. The normalized spacial score (nSPS) is 13.6. The van der Waals surface area contributed by atoms with Gasteiger partial charge in [0.15, 0.2) is 0 Å². The van der Waals surface area contributed by atoms with Gasteiger partial charge in [0.05, 0.1) is 32.8 Å². The average molecular weight is 434 g/mol. The molecule has 0 saturated heterocycles. The molecule has 4 amide bonds. The van der Waals surface area contributed by atoms with Crippen LogP contribution in [0.25, 0.3) is 0 Å². The molecular weight excluding hydrogens is 404 g/mol. The van der Waals surface area contributed by atoms with E-state index in [1.807, 2.05) is 0 Å². The molecule has 0 rings (SSSR count). The topological polar surface area (TPSA) is 195 Å². The second-order valence-corrected chi connectivity index (χ2v) is 6.25. The number of amides is 4. The zero-order chi connectivity index (χ0) is 23.1. The quantitative estimate of drug-likeness (QED) is 0.158. The molecule has 0 aliphatic carbocycles. The van der Waals surface area contributed by atoms with Gasteiger partial charge in [-0.15, -0.1) is 0 Å². The molecule has 0 unspecified atom stereocenters. The van der Waals surface area contributed by atoms with Gasteiger partial charge in [-0.1, -0.05) is 0 Å². The van der Waals surface area contributed by atoms with Gasteiger partial charge in [-0.25, -0.2) is 4.79 Å². The molecule has 30 heavy (non-hydrogen) atoms. The third kappa shape index (κ3) is 12.6. The van der Waals surface area contributed by atoms with Crippen LogP contribution < -0.4 is 21.7 Å². The number of aliphatic carboxylic acids is 1. The fraction of sp³-hybridized carbons (Fsp3) is 0.706. The number of primary amides is 1. The first-order valence-electron chi connectivity index (χ1n) is 9.14. The zero-order valence-corrected chi connectivity index (χ0v) is 17.3. The Morgan fingerprint density at radius 2 is 1.40 bits per heavy atom. The van der Waals surface area contributed by atoms with E-state index in [0.29, 0.717) is 13.2 Å². The van der Waals surface area contributed by atoms with Crippen LogP contribution in [0.2, 0.25) is 0 Å². The summed E-state index contributed by atoms with van der Waals surface area (Å²) in [6.45, 7) is 3.76. The summed E-state index contributed by atoms with van der Waals surface area (Å²) in [5.74, 6) is -4.38. The highest BCUT2D eigenvalue weighted by Crippen LogP contribution is 1.95. The number of rotatable bonds is 16. The van der Waals surface area contributed by atoms with Crippen LogP contribution in [-0.4, -0.2) is 93.0 Å². The molecule has 0 bridgehead atoms. The largest absolute Gasteiger partial charge is 0.480 e. The van der Waals surface area contributed by atoms with Gasteiger partial charge in [0, 0.05) is 7.11 Å². The molecular formula is C17H30N4O9. The molecule has 0 aromatic carbocycles. The number of carbonyl (C=O) groups is 5. The molecule has 0 saturated carbocycles. The standard InChI is InChI=1S/C17H30N4O9/c1-10(19-14(23)9-30-7-6-29-5-4-28-3)15(24)20-11(2)16(25)21-12(17(26)27)8-13(18)22/h10-12H,4-9H2,1-3H3,(H2,18,22)(H,19,23)(H,20,24)(H,21,25)(H,26,27)/t10-,11-,12+/m1/s1. The van der Waals surface area contributed by atoms with Crippen molar-refractivity contribution in [2.45, 2.75) is 38.4 Å². The van der Waals surface area contributed by atoms with E-state index in [-0.39, 0.29) is 19.8 Å². The van der Waals surface area contributed by atoms with Crippen LogP contribution in [0.5, 0.6) is 0 Å². The Labute approximate surface area is 174 Å². The van der Waals surface area contributed by atoms with Crippen molar-refractivity contribution in [1.29, 1.82) is 0 Å². The lowest BCUT2D eigenvalue weighted by atomic mass is 10.1. The second-order valence-electron chi connectivity index (χ2n) is 6.25. The van der Waals surface area contributed by atoms with Crippen LogP contribution in [0.15, 0.2) is 0 Å². The van der Waals surface area contributed by atoms with E-state index in [1.165, 1.54) is 13.8 Å². The fourth-order valence-electron chi connectivity index (χ4n) is 1.98. The van der Waals surface area contributed by atoms with Gasteiger partial charge >= 0.3 is 5.97 Å². The monoisotopic (exact) mass is 434 g/mol. The predicted octanol–water partition coefficient (Wildman–Crippen LogP) is -2.88. The van der Waals surface area contributed by atoms with Crippen molar-refractivity contribution >= 4 is 29.6 Å². The van der Waals surface area contributed by atoms with Crippen LogP contribution in [0.4, 0.5) is 0 Å². The van der Waals surface area contributed by atoms with Crippen LogP contribution in [0, 0.1) is 0 Å². The summed E-state index contributed by atoms with van der Waals surface area (Å²) in [7, 11) is 1.55. The third-order valence-corrected chi connectivity index (χ3v) is 3.58. The molecule has 0 aliphatic rings. The first kappa shape index (κ1) is 27.2. The minimum Gasteiger partial charge on any atom is -0.480 e. The van der Waals surface area contributed by atoms with Crippen LogP contribution in [0.1, 0.15) is 20.3 Å². The summed E-state index contributed by atoms with van der Waals surface area (Å²) in [5, 5.41) is 15.8. The number of carboxylic acid groups (broad SMARTS) is 1. The Kier molecular flexibility index (Phi) is 13.7. The van der Waals surface area contributed by atoms with Gasteiger partial charge in [0.1, 0.15) is 24.7 Å². The van der Waals surface area contributed by atoms with Crippen molar-refractivity contribution in [3.8, 4) is 0 Å². The van der Waals surface area contributed by atoms with Crippen molar-refractivity contribution < 1.29 is 43.3 Å². The molecule has 0 fully saturated rings. The molecule has 0 aromatic rings. The van der Waals surface area contributed by atoms with Gasteiger partial charge in [-0.3, -0.25) is 19.2 Å². The predicted molar refractivity (Wildman–Crippen MR) is 102 cm³/mol. The Morgan fingerprint density at radius 3 is 1.97 bits per heavy atom. The van der Waals surface area contributed by atoms with E-state index in [9.17, 15) is 24.0 Å². The van der Waals surface area contributed by atoms with E-state index in [1.54, 1.807) is 7.11 Å². The number of ether oxygens (including phenoxy) is 3. The maximum Gasteiger partial charge on any atom is 0.326 e. The highest BCUT2D eigenvalue weighted by atomic mass is 16.5. The highest BCUT2D eigenvalue weighted by molar-refractivity contribution is 5.94. The number of hydrogen-bond donors (Lipinski definition) is 5. The van der Waals surface area contributed by atoms with Gasteiger partial charge in [-0.2, -0.15) is 0 Å². The van der Waals surface area contributed by atoms with Crippen molar-refractivity contribution in [3.05, 3.63) is 0 Å². The summed E-state index contributed by atoms with van der Waals surface area (Å²) >= 11 is 0. The summed E-state index contributed by atoms with van der Waals surface area (Å²) in [4.78, 5) is 57.8. The molecule has 13 nitrogen and oxygen atoms in total. The molecule has 0 heterocycles. The Bertz CT molecular complexity index is 600. The maximum atomic E-state index is 12.1. The summed E-state index contributed by atoms with van der Waals surface area (Å²) in [6.07, 6.45) is -0.592. The van der Waals surface area contributed by atoms with E-state index in [4.69, 9.17) is 25.1 Å². The molecule has 0 aromatic heterocycles. The molecule has 3 atom stereocenters. The molecule has 6 N–H and O–H groups in total. The maximum absolute atomic E-state index is 12.1. The van der Waals surface area contributed by atoms with Crippen molar-refractivity contribution in [3.63, 3.8) is 0 Å². The second kappa shape index (κ2) is 15.1. The van der Waals surface area contributed by atoms with Gasteiger partial charge in [0.2, 0.25) is 23.6 Å². The fourth-order valence-corrected chi connectivity index (χ4v) is 1.98. The lowest BCUT2D eigenvalue weighted by Gasteiger charge is -2.20. The van der Waals surface area contributed by atoms with Crippen molar-refractivity contribution in [2.75, 3.05) is 40.1 Å². The number of nitrogens with one attached hydrogen (secondary N) is 3. The number of methoxy groups -OCH3 is 1. The van der Waals surface area contributed by atoms with Crippen molar-refractivity contribution in [2.24, 2.45) is 5.73 Å². The average Bonchev–Trinajstić information content (AvgIpc) is 2.65. The first-order chi connectivity index (χ1) is 14.1. The van der Waals surface area contributed by atoms with E-state index in [0.717, 1.165) is 0 Å². The lowest BCUT2D eigenvalue weighted by Crippen LogP contribution is -2.54. The number of hydrogen-bond acceptors (Lipinski definition) is 8. The van der Waals surface area contributed by atoms with E-state index >= 15 is 0 Å². The summed E-state index contributed by atoms with van der Waals surface area (Å²) in [6, 6.07) is -3.61. The Hall–Kier alpha value is -2.77. The molecule has 0 radical (unpaired) electrons. The third-order valence-electron chi connectivity index (χ3n) is 3.58. The minimum absolute atomic E-state index is 0.185. The number of carboxylic acids is 1. The van der Waals surface area contributed by atoms with Gasteiger partial charge in [-0.05, 0) is 13.8 Å². The highest BCUT2D eigenvalue weighted by Gasteiger charge is 2.26. The zero-order valence-electron chi connectivity index (χ0n) is 17.3. The van der Waals surface area contributed by atoms with Crippen LogP contribution >= 0.6 is 0 Å². The summed E-state index contributed by atoms with van der Waals surface area (Å²) in [5.41, 5.74) is 4.93. The molecule has 172 valence electrons. The van der Waals surface area contributed by atoms with Crippen LogP contribution in [-0.2, 0) is 38.2 Å². The smallest absolute Gasteiger partial charge is 0.326 e. The van der Waals surface area contributed by atoms with Gasteiger partial charge in [0.25, 0.3) is 0 Å². The van der Waals surface area contributed by atoms with E-state index in [2.05, 4.69) is 16.0 Å². The number of nitrogens with two attached hydrogens (primary N) is 1. The minimum atomic E-state index is -1.51.